The molecule has 4 heterocycles. The number of hydrogen-bond donors (Lipinski definition) is 0. The van der Waals surface area contributed by atoms with Gasteiger partial charge in [-0.25, -0.2) is 14.4 Å². The number of rotatable bonds is 4. The Balaban J connectivity index is 1.50. The smallest absolute Gasteiger partial charge is 0.341 e. The molecule has 2 aromatic heterocycles. The van der Waals surface area contributed by atoms with E-state index in [9.17, 15) is 17.6 Å². The van der Waals surface area contributed by atoms with Crippen LogP contribution in [0.25, 0.3) is 11.0 Å². The van der Waals surface area contributed by atoms with Crippen LogP contribution in [0.5, 0.6) is 0 Å². The monoisotopic (exact) mass is 418 g/mol. The van der Waals surface area contributed by atoms with Crippen molar-refractivity contribution in [3.63, 3.8) is 0 Å². The van der Waals surface area contributed by atoms with Crippen molar-refractivity contribution in [2.24, 2.45) is 0 Å². The molecular weight excluding hydrogens is 396 g/mol. The third kappa shape index (κ3) is 3.27. The third-order valence-electron chi connectivity index (χ3n) is 6.36. The molecule has 2 aliphatic heterocycles. The molecule has 30 heavy (non-hydrogen) atoms. The summed E-state index contributed by atoms with van der Waals surface area (Å²) in [7, 11) is 0. The van der Waals surface area contributed by atoms with E-state index < -0.39 is 18.4 Å². The maximum Gasteiger partial charge on any atom is 0.416 e. The molecule has 4 nitrogen and oxygen atoms in total. The average molecular weight is 418 g/mol. The molecule has 0 aliphatic carbocycles. The zero-order chi connectivity index (χ0) is 20.9. The first-order valence-corrected chi connectivity index (χ1v) is 10.3. The predicted molar refractivity (Wildman–Crippen MR) is 105 cm³/mol. The summed E-state index contributed by atoms with van der Waals surface area (Å²) in [5.74, 6) is 0.195. The Hall–Kier alpha value is -2.48. The first kappa shape index (κ1) is 19.5. The second-order valence-corrected chi connectivity index (χ2v) is 8.05. The standard InChI is InChI=1S/C22H22F4N4/c23-12-19-27-13-18-21(28-19)20-16-2-1-9-29(16)10-8-17(20)30(18)11-7-14-3-5-15(6-4-14)22(24,25)26/h3-6,13,16H,1-2,7-12H2. The van der Waals surface area contributed by atoms with E-state index in [1.54, 1.807) is 6.20 Å². The fourth-order valence-corrected chi connectivity index (χ4v) is 4.95. The number of alkyl halides is 4. The number of halogens is 4. The van der Waals surface area contributed by atoms with Crippen LogP contribution in [0.3, 0.4) is 0 Å². The van der Waals surface area contributed by atoms with Gasteiger partial charge in [-0.3, -0.25) is 4.90 Å². The second-order valence-electron chi connectivity index (χ2n) is 8.05. The van der Waals surface area contributed by atoms with E-state index >= 15 is 0 Å². The lowest BCUT2D eigenvalue weighted by Gasteiger charge is -2.30. The molecule has 0 bridgehead atoms. The zero-order valence-corrected chi connectivity index (χ0v) is 16.4. The Bertz CT molecular complexity index is 1070. The van der Waals surface area contributed by atoms with E-state index in [0.717, 1.165) is 61.1 Å². The van der Waals surface area contributed by atoms with Gasteiger partial charge in [-0.1, -0.05) is 12.1 Å². The van der Waals surface area contributed by atoms with Crippen molar-refractivity contribution >= 4 is 11.0 Å². The fraction of sp³-hybridized carbons (Fsp3) is 0.455. The van der Waals surface area contributed by atoms with Crippen molar-refractivity contribution in [2.75, 3.05) is 13.1 Å². The van der Waals surface area contributed by atoms with Gasteiger partial charge >= 0.3 is 6.18 Å². The Kier molecular flexibility index (Phi) is 4.76. The maximum atomic E-state index is 13.2. The van der Waals surface area contributed by atoms with E-state index in [-0.39, 0.29) is 5.82 Å². The number of aryl methyl sites for hydroxylation is 2. The van der Waals surface area contributed by atoms with Gasteiger partial charge in [-0.2, -0.15) is 13.2 Å². The number of aromatic nitrogens is 3. The van der Waals surface area contributed by atoms with E-state index in [0.29, 0.717) is 19.0 Å². The van der Waals surface area contributed by atoms with Gasteiger partial charge in [0.1, 0.15) is 6.67 Å². The Morgan fingerprint density at radius 1 is 1.10 bits per heavy atom. The highest BCUT2D eigenvalue weighted by Gasteiger charge is 2.36. The quantitative estimate of drug-likeness (QED) is 0.568. The molecule has 0 radical (unpaired) electrons. The first-order valence-electron chi connectivity index (χ1n) is 10.3. The van der Waals surface area contributed by atoms with Crippen molar-refractivity contribution < 1.29 is 17.6 Å². The molecule has 0 spiro atoms. The molecule has 0 N–H and O–H groups in total. The molecule has 1 fully saturated rings. The van der Waals surface area contributed by atoms with Gasteiger partial charge in [0.25, 0.3) is 0 Å². The van der Waals surface area contributed by atoms with Crippen LogP contribution < -0.4 is 0 Å². The van der Waals surface area contributed by atoms with E-state index in [1.165, 1.54) is 23.4 Å². The maximum absolute atomic E-state index is 13.2. The van der Waals surface area contributed by atoms with Crippen LogP contribution in [-0.2, 0) is 32.2 Å². The molecule has 5 rings (SSSR count). The van der Waals surface area contributed by atoms with E-state index in [2.05, 4.69) is 19.4 Å². The highest BCUT2D eigenvalue weighted by Crippen LogP contribution is 2.42. The summed E-state index contributed by atoms with van der Waals surface area (Å²) in [5.41, 5.74) is 4.33. The van der Waals surface area contributed by atoms with E-state index in [1.807, 2.05) is 0 Å². The topological polar surface area (TPSA) is 34.0 Å². The lowest BCUT2D eigenvalue weighted by molar-refractivity contribution is -0.137. The zero-order valence-electron chi connectivity index (χ0n) is 16.4. The summed E-state index contributed by atoms with van der Waals surface area (Å²) in [6, 6.07) is 5.65. The van der Waals surface area contributed by atoms with Crippen molar-refractivity contribution in [2.45, 2.75) is 51.1 Å². The van der Waals surface area contributed by atoms with Gasteiger partial charge in [-0.05, 0) is 43.5 Å². The molecule has 1 atom stereocenters. The van der Waals surface area contributed by atoms with E-state index in [4.69, 9.17) is 0 Å². The molecule has 1 aromatic carbocycles. The Morgan fingerprint density at radius 3 is 2.63 bits per heavy atom. The van der Waals surface area contributed by atoms with Crippen LogP contribution in [0.1, 0.15) is 47.1 Å². The summed E-state index contributed by atoms with van der Waals surface area (Å²) < 4.78 is 53.9. The number of fused-ring (bicyclic) bond motifs is 5. The van der Waals surface area contributed by atoms with Crippen LogP contribution >= 0.6 is 0 Å². The Labute approximate surface area is 171 Å². The van der Waals surface area contributed by atoms with Crippen molar-refractivity contribution in [1.29, 1.82) is 0 Å². The molecular formula is C22H22F4N4. The van der Waals surface area contributed by atoms with Crippen LogP contribution in [0.4, 0.5) is 17.6 Å². The summed E-state index contributed by atoms with van der Waals surface area (Å²) in [6.07, 6.45) is 1.07. The summed E-state index contributed by atoms with van der Waals surface area (Å²) in [5, 5.41) is 0. The second kappa shape index (κ2) is 7.34. The Morgan fingerprint density at radius 2 is 1.90 bits per heavy atom. The van der Waals surface area contributed by atoms with Crippen LogP contribution in [-0.4, -0.2) is 32.5 Å². The van der Waals surface area contributed by atoms with Gasteiger partial charge in [0.15, 0.2) is 5.82 Å². The summed E-state index contributed by atoms with van der Waals surface area (Å²) >= 11 is 0. The minimum atomic E-state index is -4.33. The molecule has 0 amide bonds. The number of nitrogens with zero attached hydrogens (tertiary/aromatic N) is 4. The van der Waals surface area contributed by atoms with Gasteiger partial charge in [0, 0.05) is 36.8 Å². The fourth-order valence-electron chi connectivity index (χ4n) is 4.95. The highest BCUT2D eigenvalue weighted by molar-refractivity contribution is 5.82. The summed E-state index contributed by atoms with van der Waals surface area (Å²) in [6.45, 7) is 1.99. The van der Waals surface area contributed by atoms with Crippen LogP contribution in [0.15, 0.2) is 30.5 Å². The average Bonchev–Trinajstić information content (AvgIpc) is 3.33. The largest absolute Gasteiger partial charge is 0.416 e. The SMILES string of the molecule is FCc1ncc2c(n1)c1c(n2CCc2ccc(C(F)(F)F)cc2)CCN2CCCC12. The first-order chi connectivity index (χ1) is 14.5. The predicted octanol–water partition coefficient (Wildman–Crippen LogP) is 4.86. The molecule has 158 valence electrons. The number of hydrogen-bond acceptors (Lipinski definition) is 3. The molecule has 3 aromatic rings. The highest BCUT2D eigenvalue weighted by atomic mass is 19.4. The van der Waals surface area contributed by atoms with Gasteiger partial charge in [0.2, 0.25) is 0 Å². The van der Waals surface area contributed by atoms with Crippen molar-refractivity contribution in [3.8, 4) is 0 Å². The van der Waals surface area contributed by atoms with Crippen molar-refractivity contribution in [1.82, 2.24) is 19.4 Å². The van der Waals surface area contributed by atoms with Gasteiger partial charge in [-0.15, -0.1) is 0 Å². The lowest BCUT2D eigenvalue weighted by Crippen LogP contribution is -2.31. The van der Waals surface area contributed by atoms with Gasteiger partial charge < -0.3 is 4.57 Å². The minimum absolute atomic E-state index is 0.195. The van der Waals surface area contributed by atoms with Gasteiger partial charge in [0.05, 0.1) is 22.8 Å². The summed E-state index contributed by atoms with van der Waals surface area (Å²) in [4.78, 5) is 11.2. The molecule has 0 saturated carbocycles. The van der Waals surface area contributed by atoms with Crippen molar-refractivity contribution in [3.05, 3.63) is 58.7 Å². The lowest BCUT2D eigenvalue weighted by atomic mass is 9.98. The third-order valence-corrected chi connectivity index (χ3v) is 6.36. The van der Waals surface area contributed by atoms with Crippen LogP contribution in [0.2, 0.25) is 0 Å². The van der Waals surface area contributed by atoms with Crippen LogP contribution in [0, 0.1) is 0 Å². The molecule has 1 saturated heterocycles. The minimum Gasteiger partial charge on any atom is -0.341 e. The molecule has 2 aliphatic rings. The normalized spacial score (nSPS) is 19.3. The molecule has 1 unspecified atom stereocenters. The number of benzene rings is 1. The molecule has 8 heteroatoms.